The van der Waals surface area contributed by atoms with Gasteiger partial charge in [0.1, 0.15) is 5.75 Å². The first-order valence-corrected chi connectivity index (χ1v) is 5.37. The second kappa shape index (κ2) is 5.28. The Hall–Kier alpha value is -2.44. The minimum absolute atomic E-state index is 0.189. The molecule has 0 aliphatic rings. The molecule has 0 aliphatic heterocycles. The van der Waals surface area contributed by atoms with Crippen LogP contribution in [0.1, 0.15) is 10.4 Å². The van der Waals surface area contributed by atoms with E-state index in [0.717, 1.165) is 12.1 Å². The quantitative estimate of drug-likeness (QED) is 0.491. The van der Waals surface area contributed by atoms with Gasteiger partial charge in [-0.15, -0.1) is 13.2 Å². The van der Waals surface area contributed by atoms with E-state index < -0.39 is 12.3 Å². The van der Waals surface area contributed by atoms with E-state index >= 15 is 0 Å². The van der Waals surface area contributed by atoms with Gasteiger partial charge in [-0.05, 0) is 36.4 Å². The van der Waals surface area contributed by atoms with Gasteiger partial charge in [-0.1, -0.05) is 0 Å². The van der Waals surface area contributed by atoms with Crippen LogP contribution >= 0.6 is 0 Å². The molecule has 1 heterocycles. The number of carbonyl (C=O) groups is 1. The summed E-state index contributed by atoms with van der Waals surface area (Å²) in [5.41, 5.74) is 0.410. The van der Waals surface area contributed by atoms with Crippen LogP contribution in [0.4, 0.5) is 17.6 Å². The van der Waals surface area contributed by atoms with Crippen LogP contribution in [-0.4, -0.2) is 17.6 Å². The third-order valence-electron chi connectivity index (χ3n) is 2.39. The number of hydrogen-bond donors (Lipinski definition) is 0. The molecule has 0 fully saturated rings. The number of carbonyl (C=O) groups excluding carboxylic acids is 1. The minimum atomic E-state index is -4.77. The summed E-state index contributed by atoms with van der Waals surface area (Å²) in [6.45, 7) is 0. The zero-order chi connectivity index (χ0) is 14.8. The van der Waals surface area contributed by atoms with Crippen molar-refractivity contribution >= 4 is 6.29 Å². The Morgan fingerprint density at radius 1 is 1.05 bits per heavy atom. The fourth-order valence-electron chi connectivity index (χ4n) is 1.52. The molecule has 2 rings (SSSR count). The lowest BCUT2D eigenvalue weighted by Crippen LogP contribution is -2.16. The van der Waals surface area contributed by atoms with Crippen LogP contribution in [0, 0.1) is 5.95 Å². The predicted molar refractivity (Wildman–Crippen MR) is 61.7 cm³/mol. The van der Waals surface area contributed by atoms with Crippen molar-refractivity contribution < 1.29 is 27.1 Å². The average Bonchev–Trinajstić information content (AvgIpc) is 2.37. The van der Waals surface area contributed by atoms with Gasteiger partial charge in [-0.3, -0.25) is 4.79 Å². The van der Waals surface area contributed by atoms with Crippen molar-refractivity contribution in [2.24, 2.45) is 0 Å². The van der Waals surface area contributed by atoms with Crippen LogP contribution < -0.4 is 4.74 Å². The second-order valence-electron chi connectivity index (χ2n) is 3.77. The first kappa shape index (κ1) is 14.0. The van der Waals surface area contributed by atoms with Gasteiger partial charge < -0.3 is 4.74 Å². The predicted octanol–water partition coefficient (Wildman–Crippen LogP) is 3.60. The summed E-state index contributed by atoms with van der Waals surface area (Å²) in [4.78, 5) is 14.0. The third-order valence-corrected chi connectivity index (χ3v) is 2.39. The maximum Gasteiger partial charge on any atom is 0.573 e. The summed E-state index contributed by atoms with van der Waals surface area (Å²) in [6, 6.07) is 7.44. The van der Waals surface area contributed by atoms with Crippen molar-refractivity contribution in [1.82, 2.24) is 4.98 Å². The van der Waals surface area contributed by atoms with E-state index in [4.69, 9.17) is 0 Å². The number of alkyl halides is 3. The second-order valence-corrected chi connectivity index (χ2v) is 3.77. The van der Waals surface area contributed by atoms with Crippen LogP contribution in [0.3, 0.4) is 0 Å². The lowest BCUT2D eigenvalue weighted by molar-refractivity contribution is -0.274. The zero-order valence-corrected chi connectivity index (χ0v) is 9.82. The molecule has 20 heavy (non-hydrogen) atoms. The lowest BCUT2D eigenvalue weighted by atomic mass is 10.1. The number of pyridine rings is 1. The van der Waals surface area contributed by atoms with E-state index in [0.29, 0.717) is 11.8 Å². The van der Waals surface area contributed by atoms with E-state index in [9.17, 15) is 22.4 Å². The van der Waals surface area contributed by atoms with E-state index in [-0.39, 0.29) is 17.0 Å². The summed E-state index contributed by atoms with van der Waals surface area (Å²) in [6.07, 6.45) is -4.44. The molecule has 7 heteroatoms. The van der Waals surface area contributed by atoms with Crippen molar-refractivity contribution in [2.75, 3.05) is 0 Å². The number of halogens is 4. The van der Waals surface area contributed by atoms with Crippen LogP contribution in [-0.2, 0) is 0 Å². The summed E-state index contributed by atoms with van der Waals surface area (Å²) in [7, 11) is 0. The zero-order valence-electron chi connectivity index (χ0n) is 9.82. The molecule has 0 unspecified atom stereocenters. The Labute approximate surface area is 110 Å². The Balaban J connectivity index is 2.26. The number of ether oxygens (including phenoxy) is 1. The highest BCUT2D eigenvalue weighted by Crippen LogP contribution is 2.26. The van der Waals surface area contributed by atoms with Crippen LogP contribution in [0.15, 0.2) is 36.4 Å². The van der Waals surface area contributed by atoms with Gasteiger partial charge in [0.15, 0.2) is 6.29 Å². The summed E-state index contributed by atoms with van der Waals surface area (Å²) in [5.74, 6) is -1.32. The van der Waals surface area contributed by atoms with E-state index in [1.165, 1.54) is 24.3 Å². The molecule has 0 N–H and O–H groups in total. The van der Waals surface area contributed by atoms with Gasteiger partial charge in [0.25, 0.3) is 0 Å². The van der Waals surface area contributed by atoms with Gasteiger partial charge in [-0.2, -0.15) is 4.39 Å². The Morgan fingerprint density at radius 2 is 1.70 bits per heavy atom. The molecule has 0 bridgehead atoms. The van der Waals surface area contributed by atoms with Crippen LogP contribution in [0.5, 0.6) is 5.75 Å². The highest BCUT2D eigenvalue weighted by atomic mass is 19.4. The molecule has 0 saturated heterocycles. The number of benzene rings is 1. The third kappa shape index (κ3) is 3.31. The number of nitrogens with zero attached hydrogens (tertiary/aromatic N) is 1. The van der Waals surface area contributed by atoms with Crippen LogP contribution in [0.2, 0.25) is 0 Å². The van der Waals surface area contributed by atoms with Crippen LogP contribution in [0.25, 0.3) is 11.3 Å². The van der Waals surface area contributed by atoms with Gasteiger partial charge >= 0.3 is 6.36 Å². The largest absolute Gasteiger partial charge is 0.573 e. The number of aromatic nitrogens is 1. The van der Waals surface area contributed by atoms with Crippen molar-refractivity contribution in [3.63, 3.8) is 0 Å². The first-order valence-electron chi connectivity index (χ1n) is 5.37. The molecule has 0 spiro atoms. The molecular formula is C13H7F4NO2. The van der Waals surface area contributed by atoms with Gasteiger partial charge in [0, 0.05) is 5.56 Å². The maximum atomic E-state index is 13.3. The van der Waals surface area contributed by atoms with E-state index in [1.807, 2.05) is 0 Å². The minimum Gasteiger partial charge on any atom is -0.406 e. The molecule has 0 saturated carbocycles. The van der Waals surface area contributed by atoms with Gasteiger partial charge in [-0.25, -0.2) is 4.98 Å². The van der Waals surface area contributed by atoms with Gasteiger partial charge in [0.2, 0.25) is 5.95 Å². The molecule has 1 aromatic heterocycles. The normalized spacial score (nSPS) is 11.2. The maximum absolute atomic E-state index is 13.3. The molecule has 1 aromatic carbocycles. The monoisotopic (exact) mass is 285 g/mol. The van der Waals surface area contributed by atoms with Gasteiger partial charge in [0.05, 0.1) is 11.3 Å². The van der Waals surface area contributed by atoms with Crippen molar-refractivity contribution in [3.05, 3.63) is 47.9 Å². The topological polar surface area (TPSA) is 39.2 Å². The van der Waals surface area contributed by atoms with E-state index in [2.05, 4.69) is 9.72 Å². The summed E-state index contributed by atoms with van der Waals surface area (Å²) < 4.78 is 53.0. The average molecular weight is 285 g/mol. The molecule has 0 amide bonds. The smallest absolute Gasteiger partial charge is 0.406 e. The Kier molecular flexibility index (Phi) is 3.69. The fraction of sp³-hybridized carbons (Fsp3) is 0.0769. The Morgan fingerprint density at radius 3 is 2.20 bits per heavy atom. The highest BCUT2D eigenvalue weighted by Gasteiger charge is 2.30. The summed E-state index contributed by atoms with van der Waals surface area (Å²) in [5, 5.41) is 0. The first-order chi connectivity index (χ1) is 9.39. The van der Waals surface area contributed by atoms with Crippen molar-refractivity contribution in [2.45, 2.75) is 6.36 Å². The molecule has 0 radical (unpaired) electrons. The number of hydrogen-bond acceptors (Lipinski definition) is 3. The molecule has 0 aliphatic carbocycles. The number of rotatable bonds is 3. The standard InChI is InChI=1S/C13H7F4NO2/c14-12-9(7-19)3-6-11(18-12)8-1-4-10(5-2-8)20-13(15,16)17/h1-7H. The number of aldehydes is 1. The SMILES string of the molecule is O=Cc1ccc(-c2ccc(OC(F)(F)F)cc2)nc1F. The molecule has 3 nitrogen and oxygen atoms in total. The highest BCUT2D eigenvalue weighted by molar-refractivity contribution is 5.75. The van der Waals surface area contributed by atoms with Crippen molar-refractivity contribution in [1.29, 1.82) is 0 Å². The molecule has 2 aromatic rings. The fourth-order valence-corrected chi connectivity index (χ4v) is 1.52. The summed E-state index contributed by atoms with van der Waals surface area (Å²) >= 11 is 0. The Bertz CT molecular complexity index is 623. The lowest BCUT2D eigenvalue weighted by Gasteiger charge is -2.09. The molecular weight excluding hydrogens is 278 g/mol. The van der Waals surface area contributed by atoms with E-state index in [1.54, 1.807) is 0 Å². The molecule has 0 atom stereocenters. The van der Waals surface area contributed by atoms with Crippen molar-refractivity contribution in [3.8, 4) is 17.0 Å². The molecule has 104 valence electrons.